The van der Waals surface area contributed by atoms with E-state index in [1.165, 1.54) is 0 Å². The van der Waals surface area contributed by atoms with Crippen LogP contribution in [-0.4, -0.2) is 12.6 Å². The van der Waals surface area contributed by atoms with Crippen molar-refractivity contribution in [3.05, 3.63) is 29.8 Å². The summed E-state index contributed by atoms with van der Waals surface area (Å²) in [6.07, 6.45) is 3.32. The lowest BCUT2D eigenvalue weighted by Gasteiger charge is -2.07. The van der Waals surface area contributed by atoms with Crippen LogP contribution in [0.1, 0.15) is 31.7 Å². The summed E-state index contributed by atoms with van der Waals surface area (Å²) in [6, 6.07) is 7.38. The van der Waals surface area contributed by atoms with Crippen LogP contribution in [0, 0.1) is 0 Å². The van der Waals surface area contributed by atoms with Gasteiger partial charge in [-0.25, -0.2) is 4.79 Å². The lowest BCUT2D eigenvalue weighted by molar-refractivity contribution is 0.252. The van der Waals surface area contributed by atoms with Crippen molar-refractivity contribution in [2.75, 3.05) is 11.9 Å². The molecule has 0 heterocycles. The number of rotatable bonds is 6. The molecule has 17 heavy (non-hydrogen) atoms. The molecule has 1 aromatic rings. The van der Waals surface area contributed by atoms with Crippen LogP contribution in [-0.2, 0) is 6.54 Å². The monoisotopic (exact) mass is 235 g/mol. The van der Waals surface area contributed by atoms with Crippen LogP contribution in [0.5, 0.6) is 0 Å². The Labute approximate surface area is 103 Å². The molecule has 1 aromatic carbocycles. The van der Waals surface area contributed by atoms with E-state index in [2.05, 4.69) is 17.6 Å². The molecule has 0 aromatic heterocycles. The van der Waals surface area contributed by atoms with Crippen molar-refractivity contribution in [3.63, 3.8) is 0 Å². The molecule has 0 fully saturated rings. The first-order valence-corrected chi connectivity index (χ1v) is 6.10. The second-order valence-electron chi connectivity index (χ2n) is 3.99. The number of benzene rings is 1. The normalized spacial score (nSPS) is 10.0. The third kappa shape index (κ3) is 5.36. The summed E-state index contributed by atoms with van der Waals surface area (Å²) in [4.78, 5) is 11.5. The molecular formula is C13H21N3O. The lowest BCUT2D eigenvalue weighted by atomic mass is 10.2. The average molecular weight is 235 g/mol. The highest BCUT2D eigenvalue weighted by Crippen LogP contribution is 2.08. The summed E-state index contributed by atoms with van der Waals surface area (Å²) in [5.41, 5.74) is 7.34. The van der Waals surface area contributed by atoms with Crippen LogP contribution in [0.2, 0.25) is 0 Å². The first-order valence-electron chi connectivity index (χ1n) is 6.10. The van der Waals surface area contributed by atoms with Crippen LogP contribution in [0.15, 0.2) is 24.3 Å². The average Bonchev–Trinajstić information content (AvgIpc) is 2.36. The number of carbonyl (C=O) groups excluding carboxylic acids is 1. The predicted octanol–water partition coefficient (Wildman–Crippen LogP) is 2.46. The fraction of sp³-hybridized carbons (Fsp3) is 0.462. The van der Waals surface area contributed by atoms with Crippen molar-refractivity contribution < 1.29 is 4.79 Å². The van der Waals surface area contributed by atoms with Crippen molar-refractivity contribution in [2.24, 2.45) is 5.73 Å². The third-order valence-corrected chi connectivity index (χ3v) is 2.51. The summed E-state index contributed by atoms with van der Waals surface area (Å²) >= 11 is 0. The Morgan fingerprint density at radius 1 is 1.24 bits per heavy atom. The Bertz CT molecular complexity index is 335. The number of hydrogen-bond acceptors (Lipinski definition) is 2. The van der Waals surface area contributed by atoms with E-state index in [4.69, 9.17) is 5.73 Å². The van der Waals surface area contributed by atoms with Gasteiger partial charge >= 0.3 is 6.03 Å². The zero-order valence-corrected chi connectivity index (χ0v) is 10.3. The molecule has 0 saturated heterocycles. The highest BCUT2D eigenvalue weighted by atomic mass is 16.2. The molecule has 0 aliphatic rings. The van der Waals surface area contributed by atoms with Gasteiger partial charge in [0.2, 0.25) is 0 Å². The van der Waals surface area contributed by atoms with Gasteiger partial charge in [0, 0.05) is 18.8 Å². The van der Waals surface area contributed by atoms with Gasteiger partial charge in [0.25, 0.3) is 0 Å². The molecule has 4 heteroatoms. The van der Waals surface area contributed by atoms with Crippen LogP contribution >= 0.6 is 0 Å². The van der Waals surface area contributed by atoms with Crippen LogP contribution < -0.4 is 16.4 Å². The number of hydrogen-bond donors (Lipinski definition) is 3. The lowest BCUT2D eigenvalue weighted by Crippen LogP contribution is -2.29. The van der Waals surface area contributed by atoms with Gasteiger partial charge in [0.1, 0.15) is 0 Å². The van der Waals surface area contributed by atoms with Gasteiger partial charge in [-0.1, -0.05) is 31.9 Å². The van der Waals surface area contributed by atoms with Gasteiger partial charge in [-0.15, -0.1) is 0 Å². The van der Waals surface area contributed by atoms with Gasteiger partial charge in [-0.05, 0) is 24.1 Å². The minimum absolute atomic E-state index is 0.151. The maximum atomic E-state index is 11.5. The van der Waals surface area contributed by atoms with E-state index < -0.39 is 0 Å². The van der Waals surface area contributed by atoms with Crippen molar-refractivity contribution in [2.45, 2.75) is 32.7 Å². The van der Waals surface area contributed by atoms with Crippen molar-refractivity contribution in [1.82, 2.24) is 5.32 Å². The molecule has 0 unspecified atom stereocenters. The summed E-state index contributed by atoms with van der Waals surface area (Å²) in [7, 11) is 0. The molecule has 0 aliphatic carbocycles. The quantitative estimate of drug-likeness (QED) is 0.663. The van der Waals surface area contributed by atoms with Gasteiger partial charge in [0.05, 0.1) is 0 Å². The Hall–Kier alpha value is -1.55. The highest BCUT2D eigenvalue weighted by Gasteiger charge is 2.00. The van der Waals surface area contributed by atoms with E-state index in [0.717, 1.165) is 37.1 Å². The fourth-order valence-electron chi connectivity index (χ4n) is 1.48. The molecule has 0 radical (unpaired) electrons. The molecule has 94 valence electrons. The van der Waals surface area contributed by atoms with Crippen LogP contribution in [0.4, 0.5) is 10.5 Å². The molecule has 2 amide bonds. The number of amides is 2. The topological polar surface area (TPSA) is 67.2 Å². The van der Waals surface area contributed by atoms with E-state index in [9.17, 15) is 4.79 Å². The molecule has 0 saturated carbocycles. The fourth-order valence-corrected chi connectivity index (χ4v) is 1.48. The molecule has 0 aliphatic heterocycles. The van der Waals surface area contributed by atoms with Crippen molar-refractivity contribution in [1.29, 1.82) is 0 Å². The summed E-state index contributed by atoms with van der Waals surface area (Å²) in [6.45, 7) is 3.38. The van der Waals surface area contributed by atoms with E-state index in [-0.39, 0.29) is 6.03 Å². The van der Waals surface area contributed by atoms with Crippen LogP contribution in [0.3, 0.4) is 0 Å². The Morgan fingerprint density at radius 2 is 1.94 bits per heavy atom. The SMILES string of the molecule is CCCCCNC(=O)Nc1ccc(CN)cc1. The highest BCUT2D eigenvalue weighted by molar-refractivity contribution is 5.89. The molecule has 0 spiro atoms. The summed E-state index contributed by atoms with van der Waals surface area (Å²) in [5.74, 6) is 0. The molecular weight excluding hydrogens is 214 g/mol. The third-order valence-electron chi connectivity index (χ3n) is 2.51. The number of unbranched alkanes of at least 4 members (excludes halogenated alkanes) is 2. The Morgan fingerprint density at radius 3 is 2.53 bits per heavy atom. The zero-order chi connectivity index (χ0) is 12.5. The minimum Gasteiger partial charge on any atom is -0.338 e. The first kappa shape index (κ1) is 13.5. The van der Waals surface area contributed by atoms with Gasteiger partial charge in [-0.3, -0.25) is 0 Å². The largest absolute Gasteiger partial charge is 0.338 e. The molecule has 1 rings (SSSR count). The Balaban J connectivity index is 2.29. The molecule has 0 bridgehead atoms. The Kier molecular flexibility index (Phi) is 6.10. The molecule has 0 atom stereocenters. The maximum Gasteiger partial charge on any atom is 0.319 e. The van der Waals surface area contributed by atoms with Gasteiger partial charge in [0.15, 0.2) is 0 Å². The number of nitrogens with one attached hydrogen (secondary N) is 2. The van der Waals surface area contributed by atoms with Crippen molar-refractivity contribution in [3.8, 4) is 0 Å². The minimum atomic E-state index is -0.151. The van der Waals surface area contributed by atoms with Gasteiger partial charge < -0.3 is 16.4 Å². The second kappa shape index (κ2) is 7.68. The molecule has 4 nitrogen and oxygen atoms in total. The van der Waals surface area contributed by atoms with E-state index in [1.54, 1.807) is 0 Å². The van der Waals surface area contributed by atoms with Crippen LogP contribution in [0.25, 0.3) is 0 Å². The summed E-state index contributed by atoms with van der Waals surface area (Å²) < 4.78 is 0. The first-order chi connectivity index (χ1) is 8.26. The predicted molar refractivity (Wildman–Crippen MR) is 70.9 cm³/mol. The van der Waals surface area contributed by atoms with E-state index in [0.29, 0.717) is 6.54 Å². The van der Waals surface area contributed by atoms with E-state index in [1.807, 2.05) is 24.3 Å². The van der Waals surface area contributed by atoms with Gasteiger partial charge in [-0.2, -0.15) is 0 Å². The maximum absolute atomic E-state index is 11.5. The number of nitrogens with two attached hydrogens (primary N) is 1. The van der Waals surface area contributed by atoms with E-state index >= 15 is 0 Å². The zero-order valence-electron chi connectivity index (χ0n) is 10.3. The second-order valence-corrected chi connectivity index (χ2v) is 3.99. The summed E-state index contributed by atoms with van der Waals surface area (Å²) in [5, 5.41) is 5.60. The smallest absolute Gasteiger partial charge is 0.319 e. The van der Waals surface area contributed by atoms with Crippen molar-refractivity contribution >= 4 is 11.7 Å². The number of urea groups is 1. The number of anilines is 1. The number of carbonyl (C=O) groups is 1. The molecule has 4 N–H and O–H groups in total. The standard InChI is InChI=1S/C13H21N3O/c1-2-3-4-9-15-13(17)16-12-7-5-11(10-14)6-8-12/h5-8H,2-4,9-10,14H2,1H3,(H2,15,16,17).